The Hall–Kier alpha value is -1.02. The molecule has 0 aromatic rings. The molecule has 0 saturated heterocycles. The van der Waals surface area contributed by atoms with Gasteiger partial charge in [-0.15, -0.1) is 0 Å². The first kappa shape index (κ1) is 29.0. The van der Waals surface area contributed by atoms with E-state index in [4.69, 9.17) is 0 Å². The van der Waals surface area contributed by atoms with E-state index >= 15 is 0 Å². The number of alkyl halides is 14. The van der Waals surface area contributed by atoms with Gasteiger partial charge in [-0.1, -0.05) is 0 Å². The standard InChI is InChI=1S/C15H19F14N/c1-30(8-4-2-6-10(16,17)12(20,21)14(24,25)26)9-5-3-7-11(18,19)13(22,23)15(27,28)29/h2-9H2,1H3. The van der Waals surface area contributed by atoms with Crippen molar-refractivity contribution in [3.05, 3.63) is 0 Å². The molecule has 0 spiro atoms. The Morgan fingerprint density at radius 1 is 0.467 bits per heavy atom. The highest BCUT2D eigenvalue weighted by Crippen LogP contribution is 2.49. The third-order valence-electron chi connectivity index (χ3n) is 4.19. The van der Waals surface area contributed by atoms with Crippen LogP contribution in [0.4, 0.5) is 61.5 Å². The maximum Gasteiger partial charge on any atom is 0.459 e. The predicted molar refractivity (Wildman–Crippen MR) is 77.1 cm³/mol. The summed E-state index contributed by atoms with van der Waals surface area (Å²) in [5, 5.41) is 0. The normalized spacial score (nSPS) is 15.2. The molecule has 0 unspecified atom stereocenters. The van der Waals surface area contributed by atoms with E-state index in [0.717, 1.165) is 0 Å². The van der Waals surface area contributed by atoms with E-state index in [0.29, 0.717) is 0 Å². The second kappa shape index (κ2) is 9.63. The number of rotatable bonds is 12. The molecule has 0 aliphatic rings. The lowest BCUT2D eigenvalue weighted by atomic mass is 10.0. The third-order valence-corrected chi connectivity index (χ3v) is 4.19. The molecule has 0 heterocycles. The zero-order valence-electron chi connectivity index (χ0n) is 15.4. The van der Waals surface area contributed by atoms with Gasteiger partial charge in [-0.2, -0.15) is 61.5 Å². The quantitative estimate of drug-likeness (QED) is 0.217. The molecule has 0 bridgehead atoms. The Bertz CT molecular complexity index is 476. The Morgan fingerprint density at radius 3 is 0.967 bits per heavy atom. The maximum atomic E-state index is 13.1. The summed E-state index contributed by atoms with van der Waals surface area (Å²) in [7, 11) is 1.28. The van der Waals surface area contributed by atoms with Crippen molar-refractivity contribution in [2.24, 2.45) is 0 Å². The largest absolute Gasteiger partial charge is 0.459 e. The van der Waals surface area contributed by atoms with Crippen LogP contribution in [0, 0.1) is 0 Å². The van der Waals surface area contributed by atoms with Crippen molar-refractivity contribution in [1.29, 1.82) is 0 Å². The lowest BCUT2D eigenvalue weighted by Gasteiger charge is -2.28. The molecule has 0 N–H and O–H groups in total. The average molecular weight is 479 g/mol. The van der Waals surface area contributed by atoms with Crippen molar-refractivity contribution in [2.75, 3.05) is 20.1 Å². The minimum absolute atomic E-state index is 0.136. The van der Waals surface area contributed by atoms with Crippen LogP contribution in [0.3, 0.4) is 0 Å². The molecule has 0 aliphatic carbocycles. The molecular weight excluding hydrogens is 460 g/mol. The Kier molecular flexibility index (Phi) is 9.31. The van der Waals surface area contributed by atoms with E-state index in [1.54, 1.807) is 0 Å². The molecule has 0 aromatic heterocycles. The fourth-order valence-electron chi connectivity index (χ4n) is 2.30. The van der Waals surface area contributed by atoms with Gasteiger partial charge in [-0.25, -0.2) is 0 Å². The van der Waals surface area contributed by atoms with Gasteiger partial charge < -0.3 is 4.90 Å². The monoisotopic (exact) mass is 479 g/mol. The summed E-state index contributed by atoms with van der Waals surface area (Å²) in [5.41, 5.74) is 0. The summed E-state index contributed by atoms with van der Waals surface area (Å²) in [5.74, 6) is -23.1. The highest BCUT2D eigenvalue weighted by molar-refractivity contribution is 4.91. The summed E-state index contributed by atoms with van der Waals surface area (Å²) in [6.07, 6.45) is -18.4. The van der Waals surface area contributed by atoms with Crippen LogP contribution >= 0.6 is 0 Å². The van der Waals surface area contributed by atoms with Crippen LogP contribution in [0.2, 0.25) is 0 Å². The first-order valence-corrected chi connectivity index (χ1v) is 8.43. The van der Waals surface area contributed by atoms with Crippen LogP contribution in [0.15, 0.2) is 0 Å². The summed E-state index contributed by atoms with van der Waals surface area (Å²) in [4.78, 5) is 1.25. The van der Waals surface area contributed by atoms with Gasteiger partial charge in [-0.05, 0) is 45.8 Å². The van der Waals surface area contributed by atoms with Gasteiger partial charge in [0.1, 0.15) is 0 Å². The van der Waals surface area contributed by atoms with Crippen molar-refractivity contribution >= 4 is 0 Å². The number of hydrogen-bond acceptors (Lipinski definition) is 1. The smallest absolute Gasteiger partial charge is 0.306 e. The second-order valence-electron chi connectivity index (χ2n) is 6.77. The van der Waals surface area contributed by atoms with Crippen molar-refractivity contribution in [2.45, 2.75) is 74.6 Å². The van der Waals surface area contributed by atoms with Crippen LogP contribution in [0.1, 0.15) is 38.5 Å². The highest BCUT2D eigenvalue weighted by Gasteiger charge is 2.73. The molecular formula is C15H19F14N. The molecule has 0 amide bonds. The number of unbranched alkanes of at least 4 members (excludes halogenated alkanes) is 2. The summed E-state index contributed by atoms with van der Waals surface area (Å²) < 4.78 is 175. The van der Waals surface area contributed by atoms with Crippen molar-refractivity contribution < 1.29 is 61.5 Å². The zero-order valence-corrected chi connectivity index (χ0v) is 15.4. The van der Waals surface area contributed by atoms with Crippen LogP contribution in [0.5, 0.6) is 0 Å². The molecule has 0 atom stereocenters. The molecule has 15 heteroatoms. The summed E-state index contributed by atoms with van der Waals surface area (Å²) >= 11 is 0. The molecule has 0 aliphatic heterocycles. The molecule has 1 nitrogen and oxygen atoms in total. The van der Waals surface area contributed by atoms with Crippen molar-refractivity contribution in [3.63, 3.8) is 0 Å². The van der Waals surface area contributed by atoms with Crippen LogP contribution in [-0.4, -0.2) is 61.1 Å². The van der Waals surface area contributed by atoms with E-state index in [-0.39, 0.29) is 25.9 Å². The van der Waals surface area contributed by atoms with Crippen molar-refractivity contribution in [1.82, 2.24) is 4.90 Å². The summed E-state index contributed by atoms with van der Waals surface area (Å²) in [6.45, 7) is -0.272. The van der Waals surface area contributed by atoms with Gasteiger partial charge in [0, 0.05) is 12.8 Å². The lowest BCUT2D eigenvalue weighted by molar-refractivity contribution is -0.356. The number of hydrogen-bond donors (Lipinski definition) is 0. The minimum Gasteiger partial charge on any atom is -0.306 e. The van der Waals surface area contributed by atoms with E-state index in [1.165, 1.54) is 11.9 Å². The lowest BCUT2D eigenvalue weighted by Crippen LogP contribution is -2.51. The van der Waals surface area contributed by atoms with Gasteiger partial charge >= 0.3 is 36.0 Å². The van der Waals surface area contributed by atoms with E-state index in [9.17, 15) is 61.5 Å². The highest BCUT2D eigenvalue weighted by atomic mass is 19.4. The van der Waals surface area contributed by atoms with Crippen LogP contribution in [0.25, 0.3) is 0 Å². The molecule has 0 saturated carbocycles. The van der Waals surface area contributed by atoms with Crippen molar-refractivity contribution in [3.8, 4) is 0 Å². The van der Waals surface area contributed by atoms with Gasteiger partial charge in [0.25, 0.3) is 0 Å². The average Bonchev–Trinajstić information content (AvgIpc) is 2.53. The topological polar surface area (TPSA) is 3.24 Å². The molecule has 0 fully saturated rings. The zero-order chi connectivity index (χ0) is 24.2. The fourth-order valence-corrected chi connectivity index (χ4v) is 2.30. The second-order valence-corrected chi connectivity index (χ2v) is 6.77. The molecule has 0 rings (SSSR count). The van der Waals surface area contributed by atoms with E-state index in [2.05, 4.69) is 0 Å². The molecule has 182 valence electrons. The third kappa shape index (κ3) is 7.01. The van der Waals surface area contributed by atoms with Gasteiger partial charge in [0.05, 0.1) is 0 Å². The summed E-state index contributed by atoms with van der Waals surface area (Å²) in [6, 6.07) is 0. The Morgan fingerprint density at radius 2 is 0.733 bits per heavy atom. The van der Waals surface area contributed by atoms with E-state index < -0.39 is 61.7 Å². The first-order valence-electron chi connectivity index (χ1n) is 8.43. The molecule has 30 heavy (non-hydrogen) atoms. The van der Waals surface area contributed by atoms with Crippen LogP contribution < -0.4 is 0 Å². The number of halogens is 14. The first-order chi connectivity index (χ1) is 13.1. The van der Waals surface area contributed by atoms with Gasteiger partial charge in [0.15, 0.2) is 0 Å². The Labute approximate surface area is 162 Å². The number of nitrogens with zero attached hydrogens (tertiary/aromatic N) is 1. The fraction of sp³-hybridized carbons (Fsp3) is 1.00. The minimum atomic E-state index is -6.43. The predicted octanol–water partition coefficient (Wildman–Crippen LogP) is 6.92. The maximum absolute atomic E-state index is 13.1. The van der Waals surface area contributed by atoms with Gasteiger partial charge in [-0.3, -0.25) is 0 Å². The van der Waals surface area contributed by atoms with Gasteiger partial charge in [0.2, 0.25) is 0 Å². The molecule has 0 aromatic carbocycles. The molecule has 0 radical (unpaired) electrons. The van der Waals surface area contributed by atoms with Crippen LogP contribution in [-0.2, 0) is 0 Å². The van der Waals surface area contributed by atoms with E-state index in [1.807, 2.05) is 0 Å². The Balaban J connectivity index is 4.31. The SMILES string of the molecule is CN(CCCCC(F)(F)C(F)(F)C(F)(F)F)CCCCC(F)(F)C(F)(F)C(F)(F)F.